The Labute approximate surface area is 125 Å². The summed E-state index contributed by atoms with van der Waals surface area (Å²) in [5, 5.41) is 11.5. The van der Waals surface area contributed by atoms with Gasteiger partial charge in [0.1, 0.15) is 5.75 Å². The third-order valence-corrected chi connectivity index (χ3v) is 2.96. The van der Waals surface area contributed by atoms with Gasteiger partial charge in [0.2, 0.25) is 0 Å². The maximum Gasteiger partial charge on any atom is 0.306 e. The topological polar surface area (TPSA) is 75.6 Å². The SMILES string of the molecule is CC(C)COc1cccc(C(=O)NCCC(C)C(=O)O)c1. The molecule has 5 nitrogen and oxygen atoms in total. The molecule has 0 spiro atoms. The van der Waals surface area contributed by atoms with Crippen molar-refractivity contribution in [2.24, 2.45) is 11.8 Å². The van der Waals surface area contributed by atoms with Crippen molar-refractivity contribution in [2.75, 3.05) is 13.2 Å². The first-order valence-electron chi connectivity index (χ1n) is 7.14. The summed E-state index contributed by atoms with van der Waals surface area (Å²) in [6.07, 6.45) is 0.407. The molecule has 1 aromatic rings. The lowest BCUT2D eigenvalue weighted by molar-refractivity contribution is -0.141. The second-order valence-corrected chi connectivity index (χ2v) is 5.52. The molecule has 0 saturated heterocycles. The van der Waals surface area contributed by atoms with Crippen LogP contribution in [0, 0.1) is 11.8 Å². The lowest BCUT2D eigenvalue weighted by Crippen LogP contribution is -2.27. The Kier molecular flexibility index (Phi) is 6.72. The summed E-state index contributed by atoms with van der Waals surface area (Å²) in [7, 11) is 0. The molecule has 1 aromatic carbocycles. The van der Waals surface area contributed by atoms with Crippen LogP contribution in [0.5, 0.6) is 5.75 Å². The fourth-order valence-corrected chi connectivity index (χ4v) is 1.62. The van der Waals surface area contributed by atoms with Gasteiger partial charge in [-0.05, 0) is 30.5 Å². The minimum atomic E-state index is -0.853. The molecule has 1 atom stereocenters. The van der Waals surface area contributed by atoms with Gasteiger partial charge in [0.15, 0.2) is 0 Å². The number of carboxylic acid groups (broad SMARTS) is 1. The summed E-state index contributed by atoms with van der Waals surface area (Å²) >= 11 is 0. The summed E-state index contributed by atoms with van der Waals surface area (Å²) in [6.45, 7) is 6.67. The van der Waals surface area contributed by atoms with E-state index in [4.69, 9.17) is 9.84 Å². The lowest BCUT2D eigenvalue weighted by atomic mass is 10.1. The molecule has 116 valence electrons. The van der Waals surface area contributed by atoms with Gasteiger partial charge in [-0.3, -0.25) is 9.59 Å². The maximum atomic E-state index is 12.0. The monoisotopic (exact) mass is 293 g/mol. The molecule has 0 aromatic heterocycles. The molecular formula is C16H23NO4. The van der Waals surface area contributed by atoms with E-state index in [2.05, 4.69) is 19.2 Å². The van der Waals surface area contributed by atoms with E-state index in [9.17, 15) is 9.59 Å². The van der Waals surface area contributed by atoms with Gasteiger partial charge in [-0.15, -0.1) is 0 Å². The number of aliphatic carboxylic acids is 1. The van der Waals surface area contributed by atoms with Gasteiger partial charge < -0.3 is 15.2 Å². The van der Waals surface area contributed by atoms with Crippen LogP contribution in [0.3, 0.4) is 0 Å². The Balaban J connectivity index is 2.50. The number of hydrogen-bond donors (Lipinski definition) is 2. The molecule has 2 N–H and O–H groups in total. The standard InChI is InChI=1S/C16H23NO4/c1-11(2)10-21-14-6-4-5-13(9-14)15(18)17-8-7-12(3)16(19)20/h4-6,9,11-12H,7-8,10H2,1-3H3,(H,17,18)(H,19,20). The first kappa shape index (κ1) is 17.0. The molecule has 0 aliphatic heterocycles. The van der Waals surface area contributed by atoms with E-state index in [1.807, 2.05) is 6.07 Å². The summed E-state index contributed by atoms with van der Waals surface area (Å²) in [4.78, 5) is 22.7. The molecule has 5 heteroatoms. The largest absolute Gasteiger partial charge is 0.493 e. The average Bonchev–Trinajstić information content (AvgIpc) is 2.45. The lowest BCUT2D eigenvalue weighted by Gasteiger charge is -2.11. The molecule has 1 rings (SSSR count). The minimum absolute atomic E-state index is 0.220. The van der Waals surface area contributed by atoms with Crippen molar-refractivity contribution in [1.82, 2.24) is 5.32 Å². The van der Waals surface area contributed by atoms with E-state index >= 15 is 0 Å². The summed E-state index contributed by atoms with van der Waals surface area (Å²) in [5.74, 6) is -0.461. The Hall–Kier alpha value is -2.04. The van der Waals surface area contributed by atoms with Crippen LogP contribution in [-0.2, 0) is 4.79 Å². The minimum Gasteiger partial charge on any atom is -0.493 e. The highest BCUT2D eigenvalue weighted by Gasteiger charge is 2.12. The molecule has 0 heterocycles. The van der Waals surface area contributed by atoms with Crippen LogP contribution in [-0.4, -0.2) is 30.1 Å². The number of nitrogens with one attached hydrogen (secondary N) is 1. The third-order valence-electron chi connectivity index (χ3n) is 2.96. The van der Waals surface area contributed by atoms with Crippen molar-refractivity contribution in [3.05, 3.63) is 29.8 Å². The van der Waals surface area contributed by atoms with Crippen molar-refractivity contribution < 1.29 is 19.4 Å². The highest BCUT2D eigenvalue weighted by molar-refractivity contribution is 5.94. The molecule has 0 bridgehead atoms. The number of carboxylic acids is 1. The number of amides is 1. The fourth-order valence-electron chi connectivity index (χ4n) is 1.62. The molecule has 1 amide bonds. The quantitative estimate of drug-likeness (QED) is 0.772. The van der Waals surface area contributed by atoms with Gasteiger partial charge in [-0.2, -0.15) is 0 Å². The maximum absolute atomic E-state index is 12.0. The zero-order valence-corrected chi connectivity index (χ0v) is 12.8. The van der Waals surface area contributed by atoms with Gasteiger partial charge >= 0.3 is 5.97 Å². The van der Waals surface area contributed by atoms with E-state index in [1.165, 1.54) is 0 Å². The Morgan fingerprint density at radius 2 is 2.00 bits per heavy atom. The van der Waals surface area contributed by atoms with Gasteiger partial charge in [-0.25, -0.2) is 0 Å². The van der Waals surface area contributed by atoms with Crippen LogP contribution >= 0.6 is 0 Å². The molecule has 0 fully saturated rings. The van der Waals surface area contributed by atoms with E-state index in [0.29, 0.717) is 36.8 Å². The highest BCUT2D eigenvalue weighted by atomic mass is 16.5. The molecule has 0 aliphatic carbocycles. The van der Waals surface area contributed by atoms with Crippen LogP contribution in [0.2, 0.25) is 0 Å². The second kappa shape index (κ2) is 8.29. The molecule has 1 unspecified atom stereocenters. The third kappa shape index (κ3) is 6.29. The van der Waals surface area contributed by atoms with Crippen molar-refractivity contribution >= 4 is 11.9 Å². The highest BCUT2D eigenvalue weighted by Crippen LogP contribution is 2.14. The normalized spacial score (nSPS) is 12.0. The Morgan fingerprint density at radius 1 is 1.29 bits per heavy atom. The van der Waals surface area contributed by atoms with Gasteiger partial charge in [0, 0.05) is 12.1 Å². The van der Waals surface area contributed by atoms with Crippen LogP contribution in [0.1, 0.15) is 37.6 Å². The zero-order chi connectivity index (χ0) is 15.8. The Bertz CT molecular complexity index is 485. The van der Waals surface area contributed by atoms with Crippen LogP contribution in [0.25, 0.3) is 0 Å². The van der Waals surface area contributed by atoms with Crippen LogP contribution in [0.4, 0.5) is 0 Å². The molecule has 0 aliphatic rings. The van der Waals surface area contributed by atoms with E-state index in [0.717, 1.165) is 0 Å². The van der Waals surface area contributed by atoms with Crippen LogP contribution in [0.15, 0.2) is 24.3 Å². The summed E-state index contributed by atoms with van der Waals surface area (Å²) in [6, 6.07) is 6.98. The van der Waals surface area contributed by atoms with Crippen molar-refractivity contribution in [3.8, 4) is 5.75 Å². The zero-order valence-electron chi connectivity index (χ0n) is 12.8. The summed E-state index contributed by atoms with van der Waals surface area (Å²) in [5.41, 5.74) is 0.513. The second-order valence-electron chi connectivity index (χ2n) is 5.52. The summed E-state index contributed by atoms with van der Waals surface area (Å²) < 4.78 is 5.57. The first-order chi connectivity index (χ1) is 9.90. The van der Waals surface area contributed by atoms with Gasteiger partial charge in [0.25, 0.3) is 5.91 Å². The molecular weight excluding hydrogens is 270 g/mol. The molecule has 0 saturated carbocycles. The molecule has 21 heavy (non-hydrogen) atoms. The van der Waals surface area contributed by atoms with E-state index in [1.54, 1.807) is 25.1 Å². The van der Waals surface area contributed by atoms with E-state index < -0.39 is 11.9 Å². The smallest absolute Gasteiger partial charge is 0.306 e. The number of carbonyl (C=O) groups is 2. The first-order valence-corrected chi connectivity index (χ1v) is 7.14. The fraction of sp³-hybridized carbons (Fsp3) is 0.500. The van der Waals surface area contributed by atoms with Crippen molar-refractivity contribution in [2.45, 2.75) is 27.2 Å². The van der Waals surface area contributed by atoms with Gasteiger partial charge in [0.05, 0.1) is 12.5 Å². The van der Waals surface area contributed by atoms with E-state index in [-0.39, 0.29) is 5.91 Å². The number of rotatable bonds is 8. The average molecular weight is 293 g/mol. The molecule has 0 radical (unpaired) electrons. The number of hydrogen-bond acceptors (Lipinski definition) is 3. The predicted molar refractivity (Wildman–Crippen MR) is 80.5 cm³/mol. The van der Waals surface area contributed by atoms with Crippen molar-refractivity contribution in [3.63, 3.8) is 0 Å². The Morgan fingerprint density at radius 3 is 2.62 bits per heavy atom. The number of carbonyl (C=O) groups excluding carboxylic acids is 1. The van der Waals surface area contributed by atoms with Gasteiger partial charge in [-0.1, -0.05) is 26.8 Å². The number of benzene rings is 1. The van der Waals surface area contributed by atoms with Crippen LogP contribution < -0.4 is 10.1 Å². The number of ether oxygens (including phenoxy) is 1. The van der Waals surface area contributed by atoms with Crippen molar-refractivity contribution in [1.29, 1.82) is 0 Å². The predicted octanol–water partition coefficient (Wildman–Crippen LogP) is 2.56.